The summed E-state index contributed by atoms with van der Waals surface area (Å²) in [6.07, 6.45) is 6.61. The molecule has 36 heavy (non-hydrogen) atoms. The number of amides is 2. The number of hydrogen-bond acceptors (Lipinski definition) is 9. The lowest BCUT2D eigenvalue weighted by Gasteiger charge is -2.32. The van der Waals surface area contributed by atoms with Gasteiger partial charge in [0, 0.05) is 36.6 Å². The fraction of sp³-hybridized carbons (Fsp3) is 0.240. The monoisotopic (exact) mass is 567 g/mol. The Morgan fingerprint density at radius 3 is 2.64 bits per heavy atom. The number of carbonyl (C=O) groups excluding carboxylic acids is 2. The molecule has 11 heteroatoms. The summed E-state index contributed by atoms with van der Waals surface area (Å²) >= 11 is 4.30. The van der Waals surface area contributed by atoms with E-state index in [1.165, 1.54) is 6.33 Å². The van der Waals surface area contributed by atoms with E-state index in [0.29, 0.717) is 28.0 Å². The first-order valence-electron chi connectivity index (χ1n) is 11.3. The van der Waals surface area contributed by atoms with E-state index in [9.17, 15) is 9.59 Å². The molecule has 2 aliphatic heterocycles. The summed E-state index contributed by atoms with van der Waals surface area (Å²) in [5, 5.41) is 1.87. The lowest BCUT2D eigenvalue weighted by molar-refractivity contribution is -0.115. The molecule has 9 nitrogen and oxygen atoms in total. The van der Waals surface area contributed by atoms with Gasteiger partial charge in [-0.3, -0.25) is 14.9 Å². The largest absolute Gasteiger partial charge is 0.474 e. The van der Waals surface area contributed by atoms with E-state index in [0.717, 1.165) is 53.5 Å². The maximum absolute atomic E-state index is 11.8. The predicted molar refractivity (Wildman–Crippen MR) is 140 cm³/mol. The number of halogens is 1. The standard InChI is InChI=1S/C25H22BrN5O4S/c1-15-23(34-18-7-9-31(10-8-18)21-6-5-17(26)13-27-21)28-14-29-24(15)35-19-4-2-3-16(11-19)12-20-22(32)30-25(33)36-20/h2-6,11-14,18H,7-10H2,1H3,(H,30,32,33). The number of ether oxygens (including phenoxy) is 2. The molecule has 184 valence electrons. The SMILES string of the molecule is Cc1c(Oc2cccc(C=C3SC(=O)NC3=O)c2)ncnc1OC1CCN(c2ccc(Br)cn2)CC1. The zero-order chi connectivity index (χ0) is 25.1. The summed E-state index contributed by atoms with van der Waals surface area (Å²) in [5.74, 6) is 1.99. The van der Waals surface area contributed by atoms with Gasteiger partial charge in [-0.15, -0.1) is 0 Å². The molecule has 4 heterocycles. The number of carbonyl (C=O) groups is 2. The van der Waals surface area contributed by atoms with Crippen LogP contribution in [-0.2, 0) is 4.79 Å². The van der Waals surface area contributed by atoms with Crippen LogP contribution in [0.25, 0.3) is 6.08 Å². The van der Waals surface area contributed by atoms with Crippen LogP contribution in [0.2, 0.25) is 0 Å². The maximum Gasteiger partial charge on any atom is 0.290 e. The fourth-order valence-corrected chi connectivity index (χ4v) is 4.82. The van der Waals surface area contributed by atoms with Crippen molar-refractivity contribution in [3.05, 3.63) is 69.4 Å². The van der Waals surface area contributed by atoms with Gasteiger partial charge in [-0.25, -0.2) is 15.0 Å². The Morgan fingerprint density at radius 2 is 1.92 bits per heavy atom. The zero-order valence-electron chi connectivity index (χ0n) is 19.3. The zero-order valence-corrected chi connectivity index (χ0v) is 21.7. The molecule has 0 unspecified atom stereocenters. The summed E-state index contributed by atoms with van der Waals surface area (Å²) < 4.78 is 13.2. The lowest BCUT2D eigenvalue weighted by atomic mass is 10.1. The first-order chi connectivity index (χ1) is 17.4. The van der Waals surface area contributed by atoms with Crippen LogP contribution in [0.1, 0.15) is 24.0 Å². The predicted octanol–water partition coefficient (Wildman–Crippen LogP) is 5.11. The molecule has 0 bridgehead atoms. The van der Waals surface area contributed by atoms with Crippen LogP contribution in [0.5, 0.6) is 17.5 Å². The van der Waals surface area contributed by atoms with Gasteiger partial charge in [-0.05, 0) is 70.5 Å². The lowest BCUT2D eigenvalue weighted by Crippen LogP contribution is -2.38. The van der Waals surface area contributed by atoms with Crippen molar-refractivity contribution >= 4 is 50.7 Å². The summed E-state index contributed by atoms with van der Waals surface area (Å²) in [4.78, 5) is 38.9. The number of piperidine rings is 1. The number of imide groups is 1. The van der Waals surface area contributed by atoms with Crippen LogP contribution in [0, 0.1) is 6.92 Å². The average molecular weight is 568 g/mol. The van der Waals surface area contributed by atoms with Crippen molar-refractivity contribution in [2.75, 3.05) is 18.0 Å². The molecule has 0 spiro atoms. The first kappa shape index (κ1) is 24.3. The molecule has 1 N–H and O–H groups in total. The molecule has 0 radical (unpaired) electrons. The van der Waals surface area contributed by atoms with E-state index in [1.807, 2.05) is 37.4 Å². The van der Waals surface area contributed by atoms with Crippen molar-refractivity contribution in [1.82, 2.24) is 20.3 Å². The molecule has 2 aliphatic rings. The van der Waals surface area contributed by atoms with Gasteiger partial charge in [-0.2, -0.15) is 0 Å². The quantitative estimate of drug-likeness (QED) is 0.406. The van der Waals surface area contributed by atoms with E-state index < -0.39 is 5.91 Å². The highest BCUT2D eigenvalue weighted by Gasteiger charge is 2.25. The van der Waals surface area contributed by atoms with Crippen molar-refractivity contribution in [3.63, 3.8) is 0 Å². The fourth-order valence-electron chi connectivity index (χ4n) is 3.91. The van der Waals surface area contributed by atoms with Gasteiger partial charge in [0.05, 0.1) is 10.5 Å². The number of thioether (sulfide) groups is 1. The molecular weight excluding hydrogens is 546 g/mol. The van der Waals surface area contributed by atoms with Crippen molar-refractivity contribution in [2.45, 2.75) is 25.9 Å². The van der Waals surface area contributed by atoms with Gasteiger partial charge in [-0.1, -0.05) is 12.1 Å². The third-order valence-electron chi connectivity index (χ3n) is 5.76. The van der Waals surface area contributed by atoms with Gasteiger partial charge >= 0.3 is 0 Å². The summed E-state index contributed by atoms with van der Waals surface area (Å²) in [5.41, 5.74) is 1.43. The number of nitrogens with one attached hydrogen (secondary N) is 1. The maximum atomic E-state index is 11.8. The topological polar surface area (TPSA) is 107 Å². The molecule has 0 atom stereocenters. The van der Waals surface area contributed by atoms with Crippen LogP contribution in [0.15, 0.2) is 58.3 Å². The Hall–Kier alpha value is -3.44. The van der Waals surface area contributed by atoms with Crippen LogP contribution in [0.3, 0.4) is 0 Å². The molecule has 0 saturated carbocycles. The molecule has 2 saturated heterocycles. The third-order valence-corrected chi connectivity index (χ3v) is 7.04. The molecule has 2 fully saturated rings. The van der Waals surface area contributed by atoms with Gasteiger partial charge in [0.15, 0.2) is 0 Å². The van der Waals surface area contributed by atoms with Gasteiger partial charge < -0.3 is 14.4 Å². The van der Waals surface area contributed by atoms with Crippen LogP contribution >= 0.6 is 27.7 Å². The minimum atomic E-state index is -0.399. The second-order valence-electron chi connectivity index (χ2n) is 8.27. The second kappa shape index (κ2) is 10.7. The van der Waals surface area contributed by atoms with Crippen LogP contribution < -0.4 is 19.7 Å². The van der Waals surface area contributed by atoms with Crippen molar-refractivity contribution in [3.8, 4) is 17.5 Å². The Balaban J connectivity index is 1.23. The Morgan fingerprint density at radius 1 is 1.11 bits per heavy atom. The van der Waals surface area contributed by atoms with Gasteiger partial charge in [0.25, 0.3) is 11.1 Å². The smallest absolute Gasteiger partial charge is 0.290 e. The van der Waals surface area contributed by atoms with E-state index in [4.69, 9.17) is 9.47 Å². The van der Waals surface area contributed by atoms with Crippen molar-refractivity contribution in [2.24, 2.45) is 0 Å². The van der Waals surface area contributed by atoms with E-state index >= 15 is 0 Å². The molecule has 0 aliphatic carbocycles. The number of rotatable bonds is 6. The van der Waals surface area contributed by atoms with Crippen molar-refractivity contribution in [1.29, 1.82) is 0 Å². The molecule has 3 aromatic rings. The number of benzene rings is 1. The third kappa shape index (κ3) is 5.68. The Kier molecular flexibility index (Phi) is 7.19. The summed E-state index contributed by atoms with van der Waals surface area (Å²) in [6.45, 7) is 3.55. The molecular formula is C25H22BrN5O4S. The Labute approximate surface area is 220 Å². The minimum absolute atomic E-state index is 0.0332. The summed E-state index contributed by atoms with van der Waals surface area (Å²) in [7, 11) is 0. The van der Waals surface area contributed by atoms with Gasteiger partial charge in [0.2, 0.25) is 11.8 Å². The number of pyridine rings is 1. The second-order valence-corrected chi connectivity index (χ2v) is 10.2. The van der Waals surface area contributed by atoms with E-state index in [-0.39, 0.29) is 11.3 Å². The highest BCUT2D eigenvalue weighted by atomic mass is 79.9. The number of hydrogen-bond donors (Lipinski definition) is 1. The van der Waals surface area contributed by atoms with Gasteiger partial charge in [0.1, 0.15) is 24.0 Å². The van der Waals surface area contributed by atoms with E-state index in [2.05, 4.69) is 41.1 Å². The van der Waals surface area contributed by atoms with Crippen LogP contribution in [-0.4, -0.2) is 45.3 Å². The highest BCUT2D eigenvalue weighted by Crippen LogP contribution is 2.31. The number of aromatic nitrogens is 3. The van der Waals surface area contributed by atoms with E-state index in [1.54, 1.807) is 18.2 Å². The molecule has 2 amide bonds. The average Bonchev–Trinajstić information content (AvgIpc) is 3.19. The van der Waals surface area contributed by atoms with Crippen molar-refractivity contribution < 1.29 is 19.1 Å². The molecule has 5 rings (SSSR count). The highest BCUT2D eigenvalue weighted by molar-refractivity contribution is 9.10. The number of nitrogens with zero attached hydrogens (tertiary/aromatic N) is 4. The first-order valence-corrected chi connectivity index (χ1v) is 12.9. The normalized spacial score (nSPS) is 17.4. The summed E-state index contributed by atoms with van der Waals surface area (Å²) in [6, 6.07) is 11.2. The molecule has 1 aromatic carbocycles. The molecule has 2 aromatic heterocycles. The number of anilines is 1. The minimum Gasteiger partial charge on any atom is -0.474 e. The van der Waals surface area contributed by atoms with Crippen LogP contribution in [0.4, 0.5) is 10.6 Å². The Bertz CT molecular complexity index is 1330.